The second-order valence-corrected chi connectivity index (χ2v) is 5.87. The maximum Gasteiger partial charge on any atom is 0.340 e. The Morgan fingerprint density at radius 1 is 1.14 bits per heavy atom. The number of carbonyl (C=O) groups is 2. The zero-order valence-electron chi connectivity index (χ0n) is 15.6. The van der Waals surface area contributed by atoms with Gasteiger partial charge in [-0.1, -0.05) is 12.1 Å². The molecule has 3 aromatic rings. The minimum absolute atomic E-state index is 0.204. The summed E-state index contributed by atoms with van der Waals surface area (Å²) >= 11 is 0. The van der Waals surface area contributed by atoms with Gasteiger partial charge in [-0.3, -0.25) is 4.79 Å². The Morgan fingerprint density at radius 2 is 1.96 bits per heavy atom. The first-order valence-electron chi connectivity index (χ1n) is 8.76. The van der Waals surface area contributed by atoms with Crippen LogP contribution in [0.4, 0.5) is 11.6 Å². The highest BCUT2D eigenvalue weighted by atomic mass is 16.5. The topological polar surface area (TPSA) is 106 Å². The number of nitrogens with one attached hydrogen (secondary N) is 2. The Morgan fingerprint density at radius 3 is 2.71 bits per heavy atom. The monoisotopic (exact) mass is 380 g/mol. The van der Waals surface area contributed by atoms with Crippen LogP contribution in [0.1, 0.15) is 39.2 Å². The molecule has 0 aliphatic heterocycles. The fourth-order valence-electron chi connectivity index (χ4n) is 2.51. The van der Waals surface area contributed by atoms with Gasteiger partial charge >= 0.3 is 5.97 Å². The molecular weight excluding hydrogens is 360 g/mol. The minimum atomic E-state index is -0.449. The Kier molecular flexibility index (Phi) is 6.01. The summed E-state index contributed by atoms with van der Waals surface area (Å²) in [5.74, 6) is 0.0408. The maximum absolute atomic E-state index is 12.4. The number of nitrogens with zero attached hydrogens (tertiary/aromatic N) is 2. The summed E-state index contributed by atoms with van der Waals surface area (Å²) in [6.07, 6.45) is 1.54. The number of furan rings is 1. The van der Waals surface area contributed by atoms with Crippen molar-refractivity contribution in [2.45, 2.75) is 20.4 Å². The van der Waals surface area contributed by atoms with Crippen LogP contribution in [0, 0.1) is 6.92 Å². The van der Waals surface area contributed by atoms with E-state index < -0.39 is 5.97 Å². The van der Waals surface area contributed by atoms with E-state index in [1.54, 1.807) is 62.6 Å². The van der Waals surface area contributed by atoms with Crippen LogP contribution in [0.5, 0.6) is 0 Å². The van der Waals surface area contributed by atoms with E-state index in [9.17, 15) is 9.59 Å². The first-order chi connectivity index (χ1) is 13.6. The summed E-state index contributed by atoms with van der Waals surface area (Å²) < 4.78 is 10.3. The molecule has 0 atom stereocenters. The summed E-state index contributed by atoms with van der Waals surface area (Å²) in [5, 5.41) is 5.74. The summed E-state index contributed by atoms with van der Waals surface area (Å²) in [6, 6.07) is 12.0. The highest BCUT2D eigenvalue weighted by molar-refractivity contribution is 5.96. The Hall–Kier alpha value is -3.68. The van der Waals surface area contributed by atoms with Gasteiger partial charge in [0.2, 0.25) is 5.95 Å². The molecule has 2 heterocycles. The zero-order valence-corrected chi connectivity index (χ0v) is 15.6. The second-order valence-electron chi connectivity index (χ2n) is 5.87. The van der Waals surface area contributed by atoms with E-state index in [-0.39, 0.29) is 30.7 Å². The zero-order chi connectivity index (χ0) is 19.9. The average molecular weight is 380 g/mol. The molecule has 144 valence electrons. The summed E-state index contributed by atoms with van der Waals surface area (Å²) in [4.78, 5) is 33.1. The molecule has 28 heavy (non-hydrogen) atoms. The van der Waals surface area contributed by atoms with Crippen LogP contribution in [-0.4, -0.2) is 28.5 Å². The van der Waals surface area contributed by atoms with Crippen LogP contribution >= 0.6 is 0 Å². The van der Waals surface area contributed by atoms with Crippen molar-refractivity contribution in [3.8, 4) is 0 Å². The molecule has 1 aromatic carbocycles. The number of anilines is 2. The van der Waals surface area contributed by atoms with Crippen LogP contribution in [0.25, 0.3) is 0 Å². The number of para-hydroxylation sites is 1. The first kappa shape index (κ1) is 19.1. The van der Waals surface area contributed by atoms with Crippen LogP contribution < -0.4 is 10.6 Å². The molecule has 0 saturated carbocycles. The number of hydrogen-bond donors (Lipinski definition) is 2. The summed E-state index contributed by atoms with van der Waals surface area (Å²) in [6.45, 7) is 4.02. The van der Waals surface area contributed by atoms with Crippen molar-refractivity contribution < 1.29 is 18.7 Å². The molecule has 3 rings (SSSR count). The number of ether oxygens (including phenoxy) is 1. The van der Waals surface area contributed by atoms with E-state index in [0.29, 0.717) is 22.7 Å². The predicted octanol–water partition coefficient (Wildman–Crippen LogP) is 3.23. The van der Waals surface area contributed by atoms with Crippen molar-refractivity contribution in [3.63, 3.8) is 0 Å². The molecule has 1 amide bonds. The van der Waals surface area contributed by atoms with Crippen LogP contribution in [0.2, 0.25) is 0 Å². The van der Waals surface area contributed by atoms with E-state index >= 15 is 0 Å². The Balaban J connectivity index is 1.78. The molecule has 0 spiro atoms. The third-order valence-corrected chi connectivity index (χ3v) is 3.76. The van der Waals surface area contributed by atoms with Gasteiger partial charge in [-0.15, -0.1) is 0 Å². The maximum atomic E-state index is 12.4. The number of rotatable bonds is 7. The van der Waals surface area contributed by atoms with Crippen molar-refractivity contribution in [2.24, 2.45) is 0 Å². The smallest absolute Gasteiger partial charge is 0.340 e. The quantitative estimate of drug-likeness (QED) is 0.606. The second kappa shape index (κ2) is 8.81. The number of hydrogen-bond acceptors (Lipinski definition) is 7. The lowest BCUT2D eigenvalue weighted by atomic mass is 10.2. The third kappa shape index (κ3) is 4.73. The molecular formula is C20H20N4O4. The SMILES string of the molecule is CCOC(=O)c1ccccc1Nc1nc(C)cc(C(=O)NCc2ccco2)n1. The first-order valence-corrected chi connectivity index (χ1v) is 8.76. The third-order valence-electron chi connectivity index (χ3n) is 3.76. The molecule has 0 saturated heterocycles. The predicted molar refractivity (Wildman–Crippen MR) is 102 cm³/mol. The molecule has 8 heteroatoms. The van der Waals surface area contributed by atoms with Gasteiger partial charge < -0.3 is 19.8 Å². The number of esters is 1. The molecule has 0 unspecified atom stereocenters. The largest absolute Gasteiger partial charge is 0.467 e. The number of aromatic nitrogens is 2. The summed E-state index contributed by atoms with van der Waals surface area (Å²) in [5.41, 5.74) is 1.66. The van der Waals surface area contributed by atoms with Crippen LogP contribution in [-0.2, 0) is 11.3 Å². The van der Waals surface area contributed by atoms with Gasteiger partial charge in [0, 0.05) is 5.69 Å². The average Bonchev–Trinajstić information content (AvgIpc) is 3.20. The molecule has 2 N–H and O–H groups in total. The number of carbonyl (C=O) groups excluding carboxylic acids is 2. The normalized spacial score (nSPS) is 10.4. The molecule has 0 bridgehead atoms. The van der Waals surface area contributed by atoms with Crippen molar-refractivity contribution in [1.29, 1.82) is 0 Å². The fourth-order valence-corrected chi connectivity index (χ4v) is 2.51. The lowest BCUT2D eigenvalue weighted by Crippen LogP contribution is -2.24. The van der Waals surface area contributed by atoms with E-state index in [4.69, 9.17) is 9.15 Å². The molecule has 8 nitrogen and oxygen atoms in total. The molecule has 0 radical (unpaired) electrons. The van der Waals surface area contributed by atoms with E-state index in [1.165, 1.54) is 0 Å². The summed E-state index contributed by atoms with van der Waals surface area (Å²) in [7, 11) is 0. The molecule has 0 aliphatic carbocycles. The lowest BCUT2D eigenvalue weighted by Gasteiger charge is -2.11. The van der Waals surface area contributed by atoms with Crippen molar-refractivity contribution >= 4 is 23.5 Å². The van der Waals surface area contributed by atoms with Gasteiger partial charge in [0.1, 0.15) is 11.5 Å². The van der Waals surface area contributed by atoms with Gasteiger partial charge in [0.15, 0.2) is 0 Å². The Labute approximate surface area is 162 Å². The highest BCUT2D eigenvalue weighted by Crippen LogP contribution is 2.20. The van der Waals surface area contributed by atoms with E-state index in [2.05, 4.69) is 20.6 Å². The number of benzene rings is 1. The van der Waals surface area contributed by atoms with Gasteiger partial charge in [-0.25, -0.2) is 14.8 Å². The molecule has 2 aromatic heterocycles. The molecule has 0 aliphatic rings. The standard InChI is InChI=1S/C20H20N4O4/c1-3-27-19(26)15-8-4-5-9-16(15)23-20-22-13(2)11-17(24-20)18(25)21-12-14-7-6-10-28-14/h4-11H,3,12H2,1-2H3,(H,21,25)(H,22,23,24). The minimum Gasteiger partial charge on any atom is -0.467 e. The highest BCUT2D eigenvalue weighted by Gasteiger charge is 2.15. The van der Waals surface area contributed by atoms with Crippen molar-refractivity contribution in [1.82, 2.24) is 15.3 Å². The van der Waals surface area contributed by atoms with Crippen LogP contribution in [0.3, 0.4) is 0 Å². The van der Waals surface area contributed by atoms with Gasteiger partial charge in [-0.2, -0.15) is 0 Å². The van der Waals surface area contributed by atoms with Crippen molar-refractivity contribution in [2.75, 3.05) is 11.9 Å². The number of aryl methyl sites for hydroxylation is 1. The van der Waals surface area contributed by atoms with E-state index in [1.807, 2.05) is 0 Å². The Bertz CT molecular complexity index is 970. The van der Waals surface area contributed by atoms with Gasteiger partial charge in [0.05, 0.1) is 30.7 Å². The molecule has 0 fully saturated rings. The van der Waals surface area contributed by atoms with Gasteiger partial charge in [-0.05, 0) is 44.2 Å². The van der Waals surface area contributed by atoms with Gasteiger partial charge in [0.25, 0.3) is 5.91 Å². The number of amides is 1. The lowest BCUT2D eigenvalue weighted by molar-refractivity contribution is 0.0527. The van der Waals surface area contributed by atoms with Crippen molar-refractivity contribution in [3.05, 3.63) is 71.4 Å². The fraction of sp³-hybridized carbons (Fsp3) is 0.200. The van der Waals surface area contributed by atoms with E-state index in [0.717, 1.165) is 0 Å². The van der Waals surface area contributed by atoms with Crippen LogP contribution in [0.15, 0.2) is 53.1 Å².